The average molecular weight is 344 g/mol. The Bertz CT molecular complexity index is 684. The summed E-state index contributed by atoms with van der Waals surface area (Å²) in [6.07, 6.45) is 0. The van der Waals surface area contributed by atoms with Gasteiger partial charge in [-0.15, -0.1) is 0 Å². The quantitative estimate of drug-likeness (QED) is 0.916. The van der Waals surface area contributed by atoms with Gasteiger partial charge in [0.15, 0.2) is 0 Å². The molecule has 3 rings (SSSR count). The highest BCUT2D eigenvalue weighted by atomic mass is 35.5. The van der Waals surface area contributed by atoms with Crippen LogP contribution in [0.25, 0.3) is 0 Å². The molecule has 0 spiro atoms. The molecule has 24 heavy (non-hydrogen) atoms. The lowest BCUT2D eigenvalue weighted by Crippen LogP contribution is -2.52. The van der Waals surface area contributed by atoms with Crippen LogP contribution in [0.5, 0.6) is 0 Å². The third kappa shape index (κ3) is 4.01. The number of nitrogens with one attached hydrogen (secondary N) is 1. The van der Waals surface area contributed by atoms with Gasteiger partial charge in [-0.3, -0.25) is 0 Å². The van der Waals surface area contributed by atoms with Crippen LogP contribution in [-0.4, -0.2) is 37.1 Å². The number of nitrogens with zero attached hydrogens (tertiary/aromatic N) is 2. The molecule has 0 radical (unpaired) electrons. The second kappa shape index (κ2) is 7.58. The maximum absolute atomic E-state index is 12.5. The minimum Gasteiger partial charge on any atom is -0.368 e. The molecular weight excluding hydrogens is 322 g/mol. The van der Waals surface area contributed by atoms with Crippen molar-refractivity contribution in [2.24, 2.45) is 0 Å². The molecule has 1 heterocycles. The van der Waals surface area contributed by atoms with Gasteiger partial charge in [0.05, 0.1) is 6.04 Å². The molecule has 5 heteroatoms. The zero-order valence-electron chi connectivity index (χ0n) is 13.8. The molecule has 1 atom stereocenters. The van der Waals surface area contributed by atoms with Gasteiger partial charge in [-0.1, -0.05) is 41.9 Å². The van der Waals surface area contributed by atoms with Crippen LogP contribution in [0.15, 0.2) is 54.6 Å². The van der Waals surface area contributed by atoms with Crippen molar-refractivity contribution in [2.45, 2.75) is 13.0 Å². The fraction of sp³-hybridized carbons (Fsp3) is 0.316. The molecule has 1 unspecified atom stereocenters. The van der Waals surface area contributed by atoms with E-state index in [-0.39, 0.29) is 12.1 Å². The lowest BCUT2D eigenvalue weighted by molar-refractivity contribution is 0.191. The molecule has 126 valence electrons. The number of carbonyl (C=O) groups excluding carboxylic acids is 1. The molecule has 1 aliphatic heterocycles. The van der Waals surface area contributed by atoms with Crippen LogP contribution in [0.2, 0.25) is 5.02 Å². The van der Waals surface area contributed by atoms with Gasteiger partial charge in [0, 0.05) is 36.9 Å². The number of anilines is 1. The third-order valence-electron chi connectivity index (χ3n) is 4.38. The topological polar surface area (TPSA) is 35.6 Å². The summed E-state index contributed by atoms with van der Waals surface area (Å²) >= 11 is 6.02. The van der Waals surface area contributed by atoms with Crippen LogP contribution in [0.3, 0.4) is 0 Å². The second-order valence-electron chi connectivity index (χ2n) is 6.04. The highest BCUT2D eigenvalue weighted by Crippen LogP contribution is 2.19. The first-order chi connectivity index (χ1) is 11.6. The number of urea groups is 1. The molecule has 0 saturated carbocycles. The van der Waals surface area contributed by atoms with Crippen molar-refractivity contribution in [1.82, 2.24) is 10.2 Å². The molecule has 0 bridgehead atoms. The molecule has 2 amide bonds. The fourth-order valence-electron chi connectivity index (χ4n) is 2.94. The monoisotopic (exact) mass is 343 g/mol. The lowest BCUT2D eigenvalue weighted by Gasteiger charge is -2.36. The first kappa shape index (κ1) is 16.7. The highest BCUT2D eigenvalue weighted by molar-refractivity contribution is 6.30. The van der Waals surface area contributed by atoms with E-state index < -0.39 is 0 Å². The zero-order chi connectivity index (χ0) is 16.9. The van der Waals surface area contributed by atoms with E-state index in [2.05, 4.69) is 22.3 Å². The van der Waals surface area contributed by atoms with Gasteiger partial charge in [-0.05, 0) is 36.8 Å². The van der Waals surface area contributed by atoms with Crippen LogP contribution < -0.4 is 10.2 Å². The number of carbonyl (C=O) groups is 1. The van der Waals surface area contributed by atoms with Crippen LogP contribution >= 0.6 is 11.6 Å². The fourth-order valence-corrected chi connectivity index (χ4v) is 3.14. The Labute approximate surface area is 148 Å². The molecule has 0 aromatic heterocycles. The molecule has 1 N–H and O–H groups in total. The predicted molar refractivity (Wildman–Crippen MR) is 98.6 cm³/mol. The number of hydrogen-bond donors (Lipinski definition) is 1. The normalized spacial score (nSPS) is 15.9. The summed E-state index contributed by atoms with van der Waals surface area (Å²) in [6, 6.07) is 17.8. The van der Waals surface area contributed by atoms with Crippen molar-refractivity contribution in [1.29, 1.82) is 0 Å². The Morgan fingerprint density at radius 2 is 1.75 bits per heavy atom. The minimum atomic E-state index is -0.0663. The molecule has 2 aromatic rings. The number of piperazine rings is 1. The number of rotatable bonds is 3. The molecule has 2 aromatic carbocycles. The van der Waals surface area contributed by atoms with Crippen molar-refractivity contribution in [3.63, 3.8) is 0 Å². The third-order valence-corrected chi connectivity index (χ3v) is 4.61. The molecule has 0 aliphatic carbocycles. The van der Waals surface area contributed by atoms with Crippen molar-refractivity contribution < 1.29 is 4.79 Å². The van der Waals surface area contributed by atoms with Gasteiger partial charge < -0.3 is 15.1 Å². The Kier molecular flexibility index (Phi) is 5.26. The smallest absolute Gasteiger partial charge is 0.317 e. The summed E-state index contributed by atoms with van der Waals surface area (Å²) in [6.45, 7) is 5.13. The number of amides is 2. The maximum atomic E-state index is 12.5. The van der Waals surface area contributed by atoms with Gasteiger partial charge in [0.2, 0.25) is 0 Å². The Morgan fingerprint density at radius 3 is 2.42 bits per heavy atom. The average Bonchev–Trinajstić information content (AvgIpc) is 2.62. The van der Waals surface area contributed by atoms with E-state index in [0.29, 0.717) is 5.02 Å². The Balaban J connectivity index is 1.54. The van der Waals surface area contributed by atoms with E-state index in [1.165, 1.54) is 5.69 Å². The summed E-state index contributed by atoms with van der Waals surface area (Å²) in [5.74, 6) is 0. The second-order valence-corrected chi connectivity index (χ2v) is 6.47. The summed E-state index contributed by atoms with van der Waals surface area (Å²) in [5.41, 5.74) is 2.23. The van der Waals surface area contributed by atoms with E-state index in [4.69, 9.17) is 11.6 Å². The van der Waals surface area contributed by atoms with Crippen LogP contribution in [0.1, 0.15) is 18.5 Å². The van der Waals surface area contributed by atoms with Crippen molar-refractivity contribution in [2.75, 3.05) is 31.1 Å². The van der Waals surface area contributed by atoms with E-state index >= 15 is 0 Å². The zero-order valence-corrected chi connectivity index (χ0v) is 14.5. The van der Waals surface area contributed by atoms with Gasteiger partial charge in [0.25, 0.3) is 0 Å². The van der Waals surface area contributed by atoms with E-state index in [1.54, 1.807) is 0 Å². The molecule has 1 aliphatic rings. The summed E-state index contributed by atoms with van der Waals surface area (Å²) in [4.78, 5) is 16.7. The molecule has 1 saturated heterocycles. The number of benzene rings is 2. The molecular formula is C19H22ClN3O. The molecule has 4 nitrogen and oxygen atoms in total. The van der Waals surface area contributed by atoms with Gasteiger partial charge >= 0.3 is 6.03 Å². The summed E-state index contributed by atoms with van der Waals surface area (Å²) in [7, 11) is 0. The van der Waals surface area contributed by atoms with E-state index in [9.17, 15) is 4.79 Å². The number of hydrogen-bond acceptors (Lipinski definition) is 2. The minimum absolute atomic E-state index is 0.0183. The maximum Gasteiger partial charge on any atom is 0.317 e. The van der Waals surface area contributed by atoms with Crippen LogP contribution in [0.4, 0.5) is 10.5 Å². The summed E-state index contributed by atoms with van der Waals surface area (Å²) < 4.78 is 0. The van der Waals surface area contributed by atoms with Crippen molar-refractivity contribution in [3.8, 4) is 0 Å². The predicted octanol–water partition coefficient (Wildman–Crippen LogP) is 3.93. The first-order valence-corrected chi connectivity index (χ1v) is 8.62. The lowest BCUT2D eigenvalue weighted by atomic mass is 10.1. The Hall–Kier alpha value is -2.20. The molecule has 1 fully saturated rings. The van der Waals surface area contributed by atoms with Gasteiger partial charge in [0.1, 0.15) is 0 Å². The Morgan fingerprint density at radius 1 is 1.04 bits per heavy atom. The summed E-state index contributed by atoms with van der Waals surface area (Å²) in [5, 5.41) is 3.74. The van der Waals surface area contributed by atoms with Crippen molar-refractivity contribution >= 4 is 23.3 Å². The number of halogens is 1. The van der Waals surface area contributed by atoms with Gasteiger partial charge in [-0.25, -0.2) is 4.79 Å². The standard InChI is InChI=1S/C19H22ClN3O/c1-15(16-6-5-7-17(20)14-16)21-19(24)23-12-10-22(11-13-23)18-8-3-2-4-9-18/h2-9,14-15H,10-13H2,1H3,(H,21,24). The van der Waals surface area contributed by atoms with Crippen LogP contribution in [-0.2, 0) is 0 Å². The van der Waals surface area contributed by atoms with E-state index in [0.717, 1.165) is 31.7 Å². The van der Waals surface area contributed by atoms with Crippen molar-refractivity contribution in [3.05, 3.63) is 65.2 Å². The largest absolute Gasteiger partial charge is 0.368 e. The van der Waals surface area contributed by atoms with Gasteiger partial charge in [-0.2, -0.15) is 0 Å². The first-order valence-electron chi connectivity index (χ1n) is 8.24. The van der Waals surface area contributed by atoms with Crippen LogP contribution in [0, 0.1) is 0 Å². The SMILES string of the molecule is CC(NC(=O)N1CCN(c2ccccc2)CC1)c1cccc(Cl)c1. The number of para-hydroxylation sites is 1. The highest BCUT2D eigenvalue weighted by Gasteiger charge is 2.22. The van der Waals surface area contributed by atoms with E-state index in [1.807, 2.05) is 54.3 Å².